The molecule has 1 fully saturated rings. The number of aromatic nitrogens is 4. The van der Waals surface area contributed by atoms with E-state index in [1.165, 1.54) is 41.2 Å². The highest BCUT2D eigenvalue weighted by Gasteiger charge is 2.63. The van der Waals surface area contributed by atoms with Crippen molar-refractivity contribution in [2.75, 3.05) is 25.5 Å². The number of piperidine rings is 1. The first kappa shape index (κ1) is 30.1. The first-order valence-corrected chi connectivity index (χ1v) is 14.7. The van der Waals surface area contributed by atoms with E-state index in [1.54, 1.807) is 45.3 Å². The number of alkyl halides is 3. The molecule has 0 radical (unpaired) electrons. The molecular weight excluding hydrogens is 570 g/mol. The van der Waals surface area contributed by atoms with Gasteiger partial charge in [0.05, 0.1) is 38.3 Å². The maximum absolute atomic E-state index is 15.3. The monoisotopic (exact) mass is 603 g/mol. The smallest absolute Gasteiger partial charge is 0.338 e. The fourth-order valence-corrected chi connectivity index (χ4v) is 6.12. The van der Waals surface area contributed by atoms with Gasteiger partial charge in [-0.15, -0.1) is 0 Å². The number of nitrogens with one attached hydrogen (secondary N) is 2. The van der Waals surface area contributed by atoms with Crippen molar-refractivity contribution in [3.8, 4) is 5.69 Å². The molecule has 3 aromatic heterocycles. The Kier molecular flexibility index (Phi) is 8.12. The molecule has 13 heteroatoms. The van der Waals surface area contributed by atoms with E-state index in [4.69, 9.17) is 0 Å². The maximum atomic E-state index is 15.3. The Balaban J connectivity index is 1.55. The Morgan fingerprint density at radius 1 is 1.05 bits per heavy atom. The van der Waals surface area contributed by atoms with Crippen molar-refractivity contribution in [2.45, 2.75) is 50.1 Å². The van der Waals surface area contributed by atoms with Gasteiger partial charge in [0.15, 0.2) is 5.54 Å². The van der Waals surface area contributed by atoms with Gasteiger partial charge in [0.25, 0.3) is 0 Å². The van der Waals surface area contributed by atoms with Crippen LogP contribution in [-0.2, 0) is 16.5 Å². The maximum Gasteiger partial charge on any atom is 0.413 e. The first-order chi connectivity index (χ1) is 19.8. The highest BCUT2D eigenvalue weighted by atomic mass is 32.2. The summed E-state index contributed by atoms with van der Waals surface area (Å²) in [7, 11) is -0.170. The molecule has 8 nitrogen and oxygen atoms in total. The summed E-state index contributed by atoms with van der Waals surface area (Å²) in [6.07, 6.45) is 0.441. The fraction of sp³-hybridized carbons (Fsp3) is 0.414. The zero-order chi connectivity index (χ0) is 30.3. The van der Waals surface area contributed by atoms with Crippen molar-refractivity contribution in [1.82, 2.24) is 29.4 Å². The van der Waals surface area contributed by atoms with Crippen LogP contribution in [0.4, 0.5) is 29.1 Å². The van der Waals surface area contributed by atoms with E-state index >= 15 is 13.2 Å². The molecule has 4 heterocycles. The molecule has 224 valence electrons. The predicted molar refractivity (Wildman–Crippen MR) is 155 cm³/mol. The average Bonchev–Trinajstić information content (AvgIpc) is 3.47. The lowest BCUT2D eigenvalue weighted by Crippen LogP contribution is -2.62. The summed E-state index contributed by atoms with van der Waals surface area (Å²) in [6.45, 7) is 5.84. The van der Waals surface area contributed by atoms with E-state index in [1.807, 2.05) is 11.9 Å². The van der Waals surface area contributed by atoms with Crippen LogP contribution in [0.2, 0.25) is 0 Å². The van der Waals surface area contributed by atoms with Crippen LogP contribution >= 0.6 is 0 Å². The van der Waals surface area contributed by atoms with Crippen molar-refractivity contribution in [2.24, 2.45) is 5.92 Å². The van der Waals surface area contributed by atoms with Gasteiger partial charge in [-0.05, 0) is 90.0 Å². The molecule has 0 amide bonds. The number of pyridine rings is 2. The number of hydrogen-bond donors (Lipinski definition) is 2. The number of fused-ring (bicyclic) bond motifs is 1. The quantitative estimate of drug-likeness (QED) is 0.258. The van der Waals surface area contributed by atoms with Gasteiger partial charge in [-0.3, -0.25) is 4.98 Å². The van der Waals surface area contributed by atoms with Crippen LogP contribution in [0.25, 0.3) is 16.6 Å². The van der Waals surface area contributed by atoms with E-state index in [0.29, 0.717) is 24.2 Å². The van der Waals surface area contributed by atoms with E-state index in [-0.39, 0.29) is 35.6 Å². The van der Waals surface area contributed by atoms with Crippen LogP contribution in [-0.4, -0.2) is 59.9 Å². The highest BCUT2D eigenvalue weighted by molar-refractivity contribution is 7.84. The fourth-order valence-electron chi connectivity index (χ4n) is 5.13. The lowest BCUT2D eigenvalue weighted by molar-refractivity contribution is -0.216. The van der Waals surface area contributed by atoms with Crippen LogP contribution in [0.3, 0.4) is 0 Å². The minimum Gasteiger partial charge on any atom is -0.338 e. The molecule has 2 N–H and O–H groups in total. The van der Waals surface area contributed by atoms with Crippen LogP contribution < -0.4 is 10.0 Å². The molecule has 4 aromatic rings. The van der Waals surface area contributed by atoms with Crippen LogP contribution in [0.5, 0.6) is 0 Å². The van der Waals surface area contributed by atoms with Crippen molar-refractivity contribution in [3.05, 3.63) is 72.6 Å². The second-order valence-electron chi connectivity index (χ2n) is 11.6. The molecule has 1 aliphatic rings. The molecular formula is C29H33F4N7OS. The summed E-state index contributed by atoms with van der Waals surface area (Å²) in [5.74, 6) is -1.24. The number of benzene rings is 1. The van der Waals surface area contributed by atoms with Gasteiger partial charge < -0.3 is 10.2 Å². The third kappa shape index (κ3) is 5.90. The zero-order valence-electron chi connectivity index (χ0n) is 23.7. The van der Waals surface area contributed by atoms with Gasteiger partial charge in [-0.1, -0.05) is 0 Å². The molecule has 0 aliphatic carbocycles. The normalized spacial score (nSPS) is 17.7. The summed E-state index contributed by atoms with van der Waals surface area (Å²) in [4.78, 5) is 10.8. The molecule has 1 saturated heterocycles. The van der Waals surface area contributed by atoms with E-state index in [9.17, 15) is 8.60 Å². The summed E-state index contributed by atoms with van der Waals surface area (Å²) >= 11 is 0. The van der Waals surface area contributed by atoms with E-state index in [2.05, 4.69) is 25.1 Å². The number of hydrogen-bond acceptors (Lipinski definition) is 6. The third-order valence-corrected chi connectivity index (χ3v) is 9.17. The Morgan fingerprint density at radius 3 is 2.40 bits per heavy atom. The lowest BCUT2D eigenvalue weighted by Gasteiger charge is -2.45. The Bertz CT molecular complexity index is 1580. The topological polar surface area (TPSA) is 88.0 Å². The second kappa shape index (κ2) is 11.3. The van der Waals surface area contributed by atoms with E-state index < -0.39 is 39.2 Å². The summed E-state index contributed by atoms with van der Waals surface area (Å²) in [5.41, 5.74) is -2.01. The van der Waals surface area contributed by atoms with Gasteiger partial charge in [-0.2, -0.15) is 18.3 Å². The zero-order valence-corrected chi connectivity index (χ0v) is 24.6. The number of nitrogens with zero attached hydrogens (tertiary/aromatic N) is 5. The molecule has 0 bridgehead atoms. The third-order valence-electron chi connectivity index (χ3n) is 7.55. The van der Waals surface area contributed by atoms with Gasteiger partial charge in [0, 0.05) is 36.1 Å². The standard InChI is InChI=1S/C29H33F4N7OS/c1-27(2,3)42(41)38-28(29(31,32)33,20-10-14-39(4)15-11-20)25-9-6-19-18-34-26(17-24(19)36-25)37-23-8-7-21(16-22(23)30)40-13-5-12-35-40/h5-9,12-13,16-18,20,38H,10-11,14-15H2,1-4H3,(H,34,37). The molecule has 2 atom stereocenters. The minimum atomic E-state index is -4.80. The summed E-state index contributed by atoms with van der Waals surface area (Å²) < 4.78 is 77.2. The summed E-state index contributed by atoms with van der Waals surface area (Å²) in [5, 5.41) is 7.50. The number of likely N-dealkylation sites (tertiary alicyclic amines) is 1. The Morgan fingerprint density at radius 2 is 1.79 bits per heavy atom. The van der Waals surface area contributed by atoms with Gasteiger partial charge in [-0.25, -0.2) is 23.0 Å². The van der Waals surface area contributed by atoms with Crippen LogP contribution in [0, 0.1) is 11.7 Å². The predicted octanol–water partition coefficient (Wildman–Crippen LogP) is 5.85. The molecule has 2 unspecified atom stereocenters. The van der Waals surface area contributed by atoms with Gasteiger partial charge >= 0.3 is 6.18 Å². The van der Waals surface area contributed by atoms with Crippen molar-refractivity contribution in [1.29, 1.82) is 0 Å². The van der Waals surface area contributed by atoms with Crippen molar-refractivity contribution in [3.63, 3.8) is 0 Å². The van der Waals surface area contributed by atoms with Gasteiger partial charge in [0.1, 0.15) is 11.6 Å². The van der Waals surface area contributed by atoms with Crippen molar-refractivity contribution < 1.29 is 21.8 Å². The minimum absolute atomic E-state index is 0.132. The van der Waals surface area contributed by atoms with Crippen LogP contribution in [0.15, 0.2) is 61.1 Å². The molecule has 5 rings (SSSR count). The van der Waals surface area contributed by atoms with E-state index in [0.717, 1.165) is 0 Å². The molecule has 0 spiro atoms. The first-order valence-electron chi connectivity index (χ1n) is 13.6. The number of halogens is 4. The molecule has 0 saturated carbocycles. The SMILES string of the molecule is CN1CCC(C(NS(=O)C(C)(C)C)(c2ccc3cnc(Nc4ccc(-n5cccn5)cc4F)cc3n2)C(F)(F)F)CC1. The molecule has 42 heavy (non-hydrogen) atoms. The lowest BCUT2D eigenvalue weighted by atomic mass is 9.75. The van der Waals surface area contributed by atoms with Crippen LogP contribution in [0.1, 0.15) is 39.3 Å². The van der Waals surface area contributed by atoms with Crippen molar-refractivity contribution >= 4 is 33.4 Å². The molecule has 1 aromatic carbocycles. The summed E-state index contributed by atoms with van der Waals surface area (Å²) in [6, 6.07) is 10.6. The average molecular weight is 604 g/mol. The second-order valence-corrected chi connectivity index (χ2v) is 13.5. The molecule has 1 aliphatic heterocycles. The Hall–Kier alpha value is -3.42. The number of rotatable bonds is 7. The highest BCUT2D eigenvalue weighted by Crippen LogP contribution is 2.48. The number of anilines is 2. The largest absolute Gasteiger partial charge is 0.413 e. The van der Waals surface area contributed by atoms with Gasteiger partial charge in [0.2, 0.25) is 0 Å². The Labute approximate surface area is 244 Å².